The lowest BCUT2D eigenvalue weighted by molar-refractivity contribution is -0.885. The Morgan fingerprint density at radius 1 is 1.21 bits per heavy atom. The molecule has 0 saturated carbocycles. The Bertz CT molecular complexity index is 716. The van der Waals surface area contributed by atoms with Crippen molar-refractivity contribution < 1.29 is 19.4 Å². The predicted octanol–water partition coefficient (Wildman–Crippen LogP) is 1.26. The second-order valence-electron chi connectivity index (χ2n) is 5.48. The van der Waals surface area contributed by atoms with Crippen molar-refractivity contribution >= 4 is 17.3 Å². The van der Waals surface area contributed by atoms with Crippen LogP contribution in [0.2, 0.25) is 0 Å². The molecule has 0 fully saturated rings. The molecular formula is C17H20N3O4+. The lowest BCUT2D eigenvalue weighted by atomic mass is 10.2. The van der Waals surface area contributed by atoms with Crippen LogP contribution in [0, 0.1) is 10.1 Å². The van der Waals surface area contributed by atoms with Crippen molar-refractivity contribution in [2.45, 2.75) is 6.54 Å². The third kappa shape index (κ3) is 4.79. The molecule has 0 aliphatic rings. The summed E-state index contributed by atoms with van der Waals surface area (Å²) >= 11 is 0. The zero-order valence-corrected chi connectivity index (χ0v) is 13.6. The summed E-state index contributed by atoms with van der Waals surface area (Å²) in [5.41, 5.74) is 1.18. The highest BCUT2D eigenvalue weighted by Crippen LogP contribution is 2.22. The van der Waals surface area contributed by atoms with Crippen molar-refractivity contribution in [2.75, 3.05) is 26.0 Å². The molecule has 2 aromatic rings. The first-order valence-electron chi connectivity index (χ1n) is 7.47. The smallest absolute Gasteiger partial charge is 0.292 e. The number of hydrogen-bond donors (Lipinski definition) is 2. The van der Waals surface area contributed by atoms with Crippen LogP contribution >= 0.6 is 0 Å². The van der Waals surface area contributed by atoms with Gasteiger partial charge < -0.3 is 15.0 Å². The highest BCUT2D eigenvalue weighted by molar-refractivity contribution is 5.93. The average Bonchev–Trinajstić information content (AvgIpc) is 2.55. The Labute approximate surface area is 140 Å². The van der Waals surface area contributed by atoms with E-state index in [-0.39, 0.29) is 23.8 Å². The number of hydrogen-bond acceptors (Lipinski definition) is 4. The molecule has 0 bridgehead atoms. The van der Waals surface area contributed by atoms with Gasteiger partial charge in [0, 0.05) is 11.6 Å². The van der Waals surface area contributed by atoms with Crippen LogP contribution in [-0.4, -0.2) is 31.5 Å². The number of para-hydroxylation sites is 2. The van der Waals surface area contributed by atoms with Crippen LogP contribution in [0.3, 0.4) is 0 Å². The average molecular weight is 330 g/mol. The van der Waals surface area contributed by atoms with Crippen molar-refractivity contribution in [1.29, 1.82) is 0 Å². The van der Waals surface area contributed by atoms with Gasteiger partial charge in [0.25, 0.3) is 11.6 Å². The summed E-state index contributed by atoms with van der Waals surface area (Å²) in [5.74, 6) is 0.515. The van der Waals surface area contributed by atoms with Gasteiger partial charge in [-0.05, 0) is 30.3 Å². The van der Waals surface area contributed by atoms with Gasteiger partial charge in [-0.25, -0.2) is 0 Å². The molecule has 1 atom stereocenters. The number of quaternary nitrogens is 1. The van der Waals surface area contributed by atoms with Crippen molar-refractivity contribution in [1.82, 2.24) is 0 Å². The first kappa shape index (κ1) is 17.4. The third-order valence-corrected chi connectivity index (χ3v) is 3.50. The molecule has 0 heterocycles. The molecular weight excluding hydrogens is 310 g/mol. The maximum absolute atomic E-state index is 12.1. The number of nitrogens with one attached hydrogen (secondary N) is 2. The van der Waals surface area contributed by atoms with E-state index in [1.165, 1.54) is 12.1 Å². The van der Waals surface area contributed by atoms with Gasteiger partial charge in [0.15, 0.2) is 6.54 Å². The Kier molecular flexibility index (Phi) is 5.86. The summed E-state index contributed by atoms with van der Waals surface area (Å²) < 4.78 is 5.11. The molecule has 7 heteroatoms. The monoisotopic (exact) mass is 330 g/mol. The number of methoxy groups -OCH3 is 1. The molecule has 0 radical (unpaired) electrons. The number of nitro groups is 1. The maximum atomic E-state index is 12.1. The highest BCUT2D eigenvalue weighted by Gasteiger charge is 2.17. The number of ether oxygens (including phenoxy) is 1. The van der Waals surface area contributed by atoms with Crippen LogP contribution in [0.25, 0.3) is 0 Å². The summed E-state index contributed by atoms with van der Waals surface area (Å²) in [6, 6.07) is 13.7. The fraction of sp³-hybridized carbons (Fsp3) is 0.235. The number of carbonyl (C=O) groups excluding carboxylic acids is 1. The summed E-state index contributed by atoms with van der Waals surface area (Å²) in [4.78, 5) is 23.5. The second kappa shape index (κ2) is 8.07. The van der Waals surface area contributed by atoms with E-state index >= 15 is 0 Å². The Morgan fingerprint density at radius 3 is 2.50 bits per heavy atom. The largest absolute Gasteiger partial charge is 0.497 e. The lowest BCUT2D eigenvalue weighted by Gasteiger charge is -2.14. The van der Waals surface area contributed by atoms with Crippen molar-refractivity contribution in [3.63, 3.8) is 0 Å². The van der Waals surface area contributed by atoms with Gasteiger partial charge in [-0.3, -0.25) is 14.9 Å². The standard InChI is InChI=1S/C17H19N3O4/c1-19(11-13-7-9-14(24-2)10-8-13)12-17(21)18-15-5-3-4-6-16(15)20(22)23/h3-10H,11-12H2,1-2H3,(H,18,21)/p+1. The predicted molar refractivity (Wildman–Crippen MR) is 90.2 cm³/mol. The molecule has 0 aliphatic heterocycles. The van der Waals surface area contributed by atoms with Gasteiger partial charge >= 0.3 is 0 Å². The Morgan fingerprint density at radius 2 is 1.88 bits per heavy atom. The molecule has 0 saturated heterocycles. The van der Waals surface area contributed by atoms with E-state index in [1.54, 1.807) is 19.2 Å². The van der Waals surface area contributed by atoms with Gasteiger partial charge in [0.1, 0.15) is 18.0 Å². The molecule has 1 unspecified atom stereocenters. The van der Waals surface area contributed by atoms with Gasteiger partial charge in [0.05, 0.1) is 19.1 Å². The Balaban J connectivity index is 1.93. The zero-order chi connectivity index (χ0) is 17.5. The molecule has 2 rings (SSSR count). The number of rotatable bonds is 7. The molecule has 24 heavy (non-hydrogen) atoms. The topological polar surface area (TPSA) is 85.9 Å². The van der Waals surface area contributed by atoms with Gasteiger partial charge in [0.2, 0.25) is 0 Å². The molecule has 2 N–H and O–H groups in total. The van der Waals surface area contributed by atoms with Crippen LogP contribution < -0.4 is 15.0 Å². The molecule has 1 amide bonds. The van der Waals surface area contributed by atoms with E-state index in [0.29, 0.717) is 6.54 Å². The number of carbonyl (C=O) groups is 1. The maximum Gasteiger partial charge on any atom is 0.292 e. The van der Waals surface area contributed by atoms with E-state index < -0.39 is 4.92 Å². The second-order valence-corrected chi connectivity index (χ2v) is 5.48. The number of amides is 1. The minimum absolute atomic E-state index is 0.112. The SMILES string of the molecule is COc1ccc(C[NH+](C)CC(=O)Nc2ccccc2[N+](=O)[O-])cc1. The number of likely N-dealkylation sites (N-methyl/N-ethyl adjacent to an activating group) is 1. The molecule has 7 nitrogen and oxygen atoms in total. The Hall–Kier alpha value is -2.93. The van der Waals surface area contributed by atoms with Gasteiger partial charge in [-0.2, -0.15) is 0 Å². The van der Waals surface area contributed by atoms with Crippen molar-refractivity contribution in [2.24, 2.45) is 0 Å². The fourth-order valence-corrected chi connectivity index (χ4v) is 2.36. The van der Waals surface area contributed by atoms with Crippen molar-refractivity contribution in [3.8, 4) is 5.75 Å². The van der Waals surface area contributed by atoms with E-state index in [9.17, 15) is 14.9 Å². The van der Waals surface area contributed by atoms with Gasteiger partial charge in [-0.15, -0.1) is 0 Å². The van der Waals surface area contributed by atoms with Crippen LogP contribution in [0.1, 0.15) is 5.56 Å². The van der Waals surface area contributed by atoms with E-state index in [2.05, 4.69) is 5.32 Å². The van der Waals surface area contributed by atoms with Crippen molar-refractivity contribution in [3.05, 3.63) is 64.2 Å². The summed E-state index contributed by atoms with van der Waals surface area (Å²) in [6.45, 7) is 0.867. The van der Waals surface area contributed by atoms with E-state index in [1.807, 2.05) is 31.3 Å². The number of nitro benzene ring substituents is 1. The fourth-order valence-electron chi connectivity index (χ4n) is 2.36. The minimum atomic E-state index is -0.510. The quantitative estimate of drug-likeness (QED) is 0.591. The molecule has 126 valence electrons. The lowest BCUT2D eigenvalue weighted by Crippen LogP contribution is -3.08. The number of nitrogens with zero attached hydrogens (tertiary/aromatic N) is 1. The molecule has 0 spiro atoms. The third-order valence-electron chi connectivity index (χ3n) is 3.50. The zero-order valence-electron chi connectivity index (χ0n) is 13.6. The normalized spacial score (nSPS) is 11.6. The number of anilines is 1. The van der Waals surface area contributed by atoms with E-state index in [0.717, 1.165) is 16.2 Å². The minimum Gasteiger partial charge on any atom is -0.497 e. The first-order valence-corrected chi connectivity index (χ1v) is 7.47. The summed E-state index contributed by atoms with van der Waals surface area (Å²) in [5, 5.41) is 13.6. The summed E-state index contributed by atoms with van der Waals surface area (Å²) in [6.07, 6.45) is 0. The summed E-state index contributed by atoms with van der Waals surface area (Å²) in [7, 11) is 3.50. The molecule has 0 aromatic heterocycles. The van der Waals surface area contributed by atoms with Gasteiger partial charge in [-0.1, -0.05) is 12.1 Å². The molecule has 2 aromatic carbocycles. The van der Waals surface area contributed by atoms with Crippen LogP contribution in [-0.2, 0) is 11.3 Å². The van der Waals surface area contributed by atoms with Crippen LogP contribution in [0.4, 0.5) is 11.4 Å². The van der Waals surface area contributed by atoms with Crippen LogP contribution in [0.15, 0.2) is 48.5 Å². The van der Waals surface area contributed by atoms with E-state index in [4.69, 9.17) is 4.74 Å². The van der Waals surface area contributed by atoms with Crippen LogP contribution in [0.5, 0.6) is 5.75 Å². The first-order chi connectivity index (χ1) is 11.5. The molecule has 0 aliphatic carbocycles. The highest BCUT2D eigenvalue weighted by atomic mass is 16.6. The number of benzene rings is 2.